The minimum Gasteiger partial charge on any atom is -0.426 e. The van der Waals surface area contributed by atoms with Crippen molar-refractivity contribution in [1.82, 2.24) is 4.90 Å². The fourth-order valence-electron chi connectivity index (χ4n) is 3.30. The molecule has 1 saturated heterocycles. The first-order valence-electron chi connectivity index (χ1n) is 9.62. The lowest BCUT2D eigenvalue weighted by molar-refractivity contribution is -0.134. The van der Waals surface area contributed by atoms with Crippen LogP contribution in [0.15, 0.2) is 65.6 Å². The van der Waals surface area contributed by atoms with Crippen LogP contribution in [-0.2, 0) is 9.59 Å². The molecule has 0 bridgehead atoms. The molecule has 2 amide bonds. The number of carbonyl (C=O) groups excluding carboxylic acids is 3. The normalized spacial score (nSPS) is 15.2. The predicted molar refractivity (Wildman–Crippen MR) is 123 cm³/mol. The summed E-state index contributed by atoms with van der Waals surface area (Å²) in [6.45, 7) is 1.92. The van der Waals surface area contributed by atoms with Crippen molar-refractivity contribution in [2.75, 3.05) is 6.54 Å². The Labute approximate surface area is 188 Å². The Balaban J connectivity index is 1.42. The number of esters is 1. The molecule has 5 nitrogen and oxygen atoms in total. The van der Waals surface area contributed by atoms with Gasteiger partial charge in [0, 0.05) is 22.3 Å². The summed E-state index contributed by atoms with van der Waals surface area (Å²) in [5, 5.41) is 1.67. The summed E-state index contributed by atoms with van der Waals surface area (Å²) in [7, 11) is 0. The standard InChI is InChI=1S/C24H18ClNO4S/c1-15-5-4-6-16(13-15)14-21-23(28)26(24(29)31-21)12-11-22(27)30-20-10-9-19(25)17-7-2-3-8-18(17)20/h2-10,13-14H,11-12H2,1H3. The molecule has 1 fully saturated rings. The van der Waals surface area contributed by atoms with Gasteiger partial charge in [-0.3, -0.25) is 19.3 Å². The van der Waals surface area contributed by atoms with Gasteiger partial charge in [0.2, 0.25) is 0 Å². The van der Waals surface area contributed by atoms with Gasteiger partial charge in [-0.2, -0.15) is 0 Å². The SMILES string of the molecule is Cc1cccc(C=C2SC(=O)N(CCC(=O)Oc3ccc(Cl)c4ccccc34)C2=O)c1. The molecule has 3 aromatic rings. The van der Waals surface area contributed by atoms with Crippen LogP contribution in [0.25, 0.3) is 16.8 Å². The van der Waals surface area contributed by atoms with E-state index in [9.17, 15) is 14.4 Å². The molecule has 0 saturated carbocycles. The highest BCUT2D eigenvalue weighted by atomic mass is 35.5. The van der Waals surface area contributed by atoms with Crippen LogP contribution in [0.4, 0.5) is 4.79 Å². The van der Waals surface area contributed by atoms with E-state index in [-0.39, 0.29) is 13.0 Å². The van der Waals surface area contributed by atoms with Crippen LogP contribution in [0, 0.1) is 6.92 Å². The Hall–Kier alpha value is -3.09. The third kappa shape index (κ3) is 4.65. The minimum absolute atomic E-state index is 0.0415. The van der Waals surface area contributed by atoms with Crippen LogP contribution >= 0.6 is 23.4 Å². The van der Waals surface area contributed by atoms with E-state index in [0.29, 0.717) is 15.7 Å². The number of thioether (sulfide) groups is 1. The summed E-state index contributed by atoms with van der Waals surface area (Å²) in [5.74, 6) is -0.547. The number of halogens is 1. The second-order valence-electron chi connectivity index (χ2n) is 7.06. The van der Waals surface area contributed by atoms with E-state index in [2.05, 4.69) is 0 Å². The van der Waals surface area contributed by atoms with Crippen molar-refractivity contribution in [3.8, 4) is 5.75 Å². The van der Waals surface area contributed by atoms with E-state index in [1.165, 1.54) is 0 Å². The molecule has 0 N–H and O–H groups in total. The molecule has 0 aliphatic carbocycles. The van der Waals surface area contributed by atoms with Crippen molar-refractivity contribution >= 4 is 57.3 Å². The van der Waals surface area contributed by atoms with Gasteiger partial charge in [0.05, 0.1) is 11.3 Å². The average molecular weight is 452 g/mol. The third-order valence-electron chi connectivity index (χ3n) is 4.81. The van der Waals surface area contributed by atoms with Crippen LogP contribution in [0.1, 0.15) is 17.5 Å². The zero-order valence-corrected chi connectivity index (χ0v) is 18.2. The molecule has 0 atom stereocenters. The number of carbonyl (C=O) groups is 3. The number of hydrogen-bond acceptors (Lipinski definition) is 5. The maximum Gasteiger partial charge on any atom is 0.313 e. The molecule has 4 rings (SSSR count). The summed E-state index contributed by atoms with van der Waals surface area (Å²) < 4.78 is 5.48. The van der Waals surface area contributed by atoms with Crippen molar-refractivity contribution < 1.29 is 19.1 Å². The quantitative estimate of drug-likeness (QED) is 0.277. The smallest absolute Gasteiger partial charge is 0.313 e. The lowest BCUT2D eigenvalue weighted by Crippen LogP contribution is -2.31. The molecule has 0 unspecified atom stereocenters. The number of ether oxygens (including phenoxy) is 1. The Morgan fingerprint density at radius 2 is 1.84 bits per heavy atom. The molecule has 0 aromatic heterocycles. The number of benzene rings is 3. The molecule has 3 aromatic carbocycles. The minimum atomic E-state index is -0.533. The van der Waals surface area contributed by atoms with Crippen LogP contribution in [-0.4, -0.2) is 28.6 Å². The van der Waals surface area contributed by atoms with Crippen LogP contribution < -0.4 is 4.74 Å². The average Bonchev–Trinajstić information content (AvgIpc) is 3.01. The maximum absolute atomic E-state index is 12.6. The lowest BCUT2D eigenvalue weighted by Gasteiger charge is -2.13. The summed E-state index contributed by atoms with van der Waals surface area (Å²) in [6.07, 6.45) is 1.59. The lowest BCUT2D eigenvalue weighted by atomic mass is 10.1. The number of nitrogens with zero attached hydrogens (tertiary/aromatic N) is 1. The van der Waals surface area contributed by atoms with Crippen molar-refractivity contribution in [1.29, 1.82) is 0 Å². The van der Waals surface area contributed by atoms with Gasteiger partial charge in [-0.25, -0.2) is 0 Å². The molecule has 1 heterocycles. The molecular formula is C24H18ClNO4S. The van der Waals surface area contributed by atoms with E-state index in [0.717, 1.165) is 38.6 Å². The van der Waals surface area contributed by atoms with Gasteiger partial charge in [0.25, 0.3) is 11.1 Å². The predicted octanol–water partition coefficient (Wildman–Crippen LogP) is 5.83. The van der Waals surface area contributed by atoms with Gasteiger partial charge in [-0.05, 0) is 42.5 Å². The largest absolute Gasteiger partial charge is 0.426 e. The maximum atomic E-state index is 12.6. The van der Waals surface area contributed by atoms with Crippen LogP contribution in [0.2, 0.25) is 5.02 Å². The van der Waals surface area contributed by atoms with Gasteiger partial charge in [-0.15, -0.1) is 0 Å². The molecule has 1 aliphatic rings. The van der Waals surface area contributed by atoms with Crippen LogP contribution in [0.3, 0.4) is 0 Å². The Morgan fingerprint density at radius 3 is 2.61 bits per heavy atom. The number of amides is 2. The molecule has 0 spiro atoms. The molecule has 156 valence electrons. The highest BCUT2D eigenvalue weighted by Crippen LogP contribution is 2.33. The Morgan fingerprint density at radius 1 is 1.06 bits per heavy atom. The van der Waals surface area contributed by atoms with Gasteiger partial charge < -0.3 is 4.74 Å². The number of aryl methyl sites for hydroxylation is 1. The van der Waals surface area contributed by atoms with Gasteiger partial charge in [0.1, 0.15) is 5.75 Å². The number of fused-ring (bicyclic) bond motifs is 1. The van der Waals surface area contributed by atoms with E-state index in [1.807, 2.05) is 55.5 Å². The van der Waals surface area contributed by atoms with Crippen LogP contribution in [0.5, 0.6) is 5.75 Å². The Bertz CT molecular complexity index is 1240. The van der Waals surface area contributed by atoms with Gasteiger partial charge >= 0.3 is 5.97 Å². The molecule has 31 heavy (non-hydrogen) atoms. The van der Waals surface area contributed by atoms with Gasteiger partial charge in [0.15, 0.2) is 0 Å². The summed E-state index contributed by atoms with van der Waals surface area (Å²) in [6, 6.07) is 18.3. The summed E-state index contributed by atoms with van der Waals surface area (Å²) in [4.78, 5) is 38.7. The van der Waals surface area contributed by atoms with Gasteiger partial charge in [-0.1, -0.05) is 65.7 Å². The highest BCUT2D eigenvalue weighted by Gasteiger charge is 2.35. The van der Waals surface area contributed by atoms with Crippen molar-refractivity contribution in [2.45, 2.75) is 13.3 Å². The Kier molecular flexibility index (Phi) is 6.11. The van der Waals surface area contributed by atoms with E-state index >= 15 is 0 Å². The number of hydrogen-bond donors (Lipinski definition) is 0. The third-order valence-corrected chi connectivity index (χ3v) is 6.04. The molecule has 0 radical (unpaired) electrons. The van der Waals surface area contributed by atoms with E-state index < -0.39 is 17.1 Å². The summed E-state index contributed by atoms with van der Waals surface area (Å²) in [5.41, 5.74) is 1.91. The van der Waals surface area contributed by atoms with Crippen molar-refractivity contribution in [2.24, 2.45) is 0 Å². The fraction of sp³-hybridized carbons (Fsp3) is 0.125. The van der Waals surface area contributed by atoms with E-state index in [1.54, 1.807) is 18.2 Å². The monoisotopic (exact) mass is 451 g/mol. The zero-order valence-electron chi connectivity index (χ0n) is 16.6. The number of imide groups is 1. The number of rotatable bonds is 5. The molecule has 7 heteroatoms. The molecular weight excluding hydrogens is 434 g/mol. The summed E-state index contributed by atoms with van der Waals surface area (Å²) >= 11 is 7.07. The van der Waals surface area contributed by atoms with E-state index in [4.69, 9.17) is 16.3 Å². The molecule has 1 aliphatic heterocycles. The van der Waals surface area contributed by atoms with Crippen molar-refractivity contribution in [3.63, 3.8) is 0 Å². The second-order valence-corrected chi connectivity index (χ2v) is 8.46. The van der Waals surface area contributed by atoms with Crippen molar-refractivity contribution in [3.05, 3.63) is 81.7 Å². The second kappa shape index (κ2) is 8.96. The zero-order chi connectivity index (χ0) is 22.0. The fourth-order valence-corrected chi connectivity index (χ4v) is 4.40. The topological polar surface area (TPSA) is 63.7 Å². The highest BCUT2D eigenvalue weighted by molar-refractivity contribution is 8.18. The first-order valence-corrected chi connectivity index (χ1v) is 10.8. The first kappa shape index (κ1) is 21.2. The first-order chi connectivity index (χ1) is 14.9.